The number of aromatic nitrogens is 1. The zero-order chi connectivity index (χ0) is 19.1. The second kappa shape index (κ2) is 6.65. The molecule has 12 heteroatoms. The van der Waals surface area contributed by atoms with Crippen molar-refractivity contribution in [2.75, 3.05) is 13.1 Å². The van der Waals surface area contributed by atoms with Crippen molar-refractivity contribution < 1.29 is 22.4 Å². The monoisotopic (exact) mass is 399 g/mol. The normalized spacial score (nSPS) is 18.4. The first kappa shape index (κ1) is 18.3. The molecule has 0 saturated carbocycles. The number of azo groups is 1. The maximum absolute atomic E-state index is 12.4. The third-order valence-electron chi connectivity index (χ3n) is 3.69. The molecule has 3 rings (SSSR count). The van der Waals surface area contributed by atoms with Crippen LogP contribution in [0.5, 0.6) is 0 Å². The number of carbonyl (C=O) groups is 2. The fraction of sp³-hybridized carbons (Fsp3) is 0.357. The Labute approximate surface area is 153 Å². The predicted molar refractivity (Wildman–Crippen MR) is 91.0 cm³/mol. The summed E-state index contributed by atoms with van der Waals surface area (Å²) >= 11 is 5.86. The predicted octanol–water partition coefficient (Wildman–Crippen LogP) is 1.89. The van der Waals surface area contributed by atoms with Gasteiger partial charge in [0.2, 0.25) is 6.04 Å². The first-order valence-corrected chi connectivity index (χ1v) is 9.42. The lowest BCUT2D eigenvalue weighted by Gasteiger charge is -2.35. The number of fused-ring (bicyclic) bond motifs is 1. The summed E-state index contributed by atoms with van der Waals surface area (Å²) in [5.41, 5.74) is 0.832. The molecular weight excluding hydrogens is 386 g/mol. The van der Waals surface area contributed by atoms with Crippen LogP contribution in [-0.2, 0) is 19.8 Å². The zero-order valence-electron chi connectivity index (χ0n) is 13.8. The van der Waals surface area contributed by atoms with E-state index < -0.39 is 28.1 Å². The quantitative estimate of drug-likeness (QED) is 0.570. The van der Waals surface area contributed by atoms with Gasteiger partial charge in [0.25, 0.3) is 11.8 Å². The van der Waals surface area contributed by atoms with E-state index in [1.165, 1.54) is 19.9 Å². The molecule has 0 spiro atoms. The smallest absolute Gasteiger partial charge is 0.341 e. The van der Waals surface area contributed by atoms with Gasteiger partial charge in [0.15, 0.2) is 5.58 Å². The summed E-state index contributed by atoms with van der Waals surface area (Å²) in [5, 5.41) is 7.82. The summed E-state index contributed by atoms with van der Waals surface area (Å²) in [7, 11) is -4.19. The molecule has 10 nitrogen and oxygen atoms in total. The Morgan fingerprint density at radius 1 is 1.19 bits per heavy atom. The van der Waals surface area contributed by atoms with E-state index in [9.17, 15) is 18.0 Å². The van der Waals surface area contributed by atoms with Crippen LogP contribution in [0, 0.1) is 0 Å². The lowest BCUT2D eigenvalue weighted by Crippen LogP contribution is -2.61. The van der Waals surface area contributed by atoms with Crippen molar-refractivity contribution in [2.45, 2.75) is 19.9 Å². The summed E-state index contributed by atoms with van der Waals surface area (Å²) < 4.78 is 31.0. The number of carbonyl (C=O) groups excluding carboxylic acids is 2. The number of amides is 2. The Morgan fingerprint density at radius 3 is 2.38 bits per heavy atom. The molecule has 0 radical (unpaired) electrons. The Morgan fingerprint density at radius 2 is 1.81 bits per heavy atom. The zero-order valence-corrected chi connectivity index (χ0v) is 15.4. The molecule has 1 saturated heterocycles. The number of rotatable bonds is 4. The van der Waals surface area contributed by atoms with Gasteiger partial charge in [-0.1, -0.05) is 16.7 Å². The average Bonchev–Trinajstić information content (AvgIpc) is 2.96. The molecule has 0 bridgehead atoms. The van der Waals surface area contributed by atoms with E-state index >= 15 is 0 Å². The van der Waals surface area contributed by atoms with Crippen molar-refractivity contribution in [3.05, 3.63) is 23.2 Å². The van der Waals surface area contributed by atoms with Gasteiger partial charge in [-0.2, -0.15) is 18.5 Å². The third-order valence-corrected chi connectivity index (χ3v) is 5.91. The summed E-state index contributed by atoms with van der Waals surface area (Å²) in [6.07, 6.45) is 0. The van der Waals surface area contributed by atoms with Crippen LogP contribution in [-0.4, -0.2) is 53.0 Å². The fourth-order valence-corrected chi connectivity index (χ4v) is 4.20. The van der Waals surface area contributed by atoms with Gasteiger partial charge in [-0.25, -0.2) is 8.61 Å². The van der Waals surface area contributed by atoms with Crippen LogP contribution < -0.4 is 0 Å². The highest BCUT2D eigenvalue weighted by Crippen LogP contribution is 2.26. The Balaban J connectivity index is 1.95. The van der Waals surface area contributed by atoms with Crippen LogP contribution in [0.1, 0.15) is 13.8 Å². The standard InChI is InChI=1S/C14H14ClN5O5S/c1-3-19-12(21)11(13(22)20(4-2)26(19,23)24)17-18-14-16-9-6-5-8(15)7-10(9)25-14/h5-7,11H,3-4H2,1-2H3. The molecule has 0 aliphatic carbocycles. The number of nitrogens with zero attached hydrogens (tertiary/aromatic N) is 5. The van der Waals surface area contributed by atoms with Gasteiger partial charge in [0.1, 0.15) is 5.52 Å². The summed E-state index contributed by atoms with van der Waals surface area (Å²) in [4.78, 5) is 28.8. The molecule has 26 heavy (non-hydrogen) atoms. The van der Waals surface area contributed by atoms with Gasteiger partial charge in [0.05, 0.1) is 0 Å². The van der Waals surface area contributed by atoms with Crippen molar-refractivity contribution in [3.63, 3.8) is 0 Å². The molecule has 0 atom stereocenters. The van der Waals surface area contributed by atoms with Crippen LogP contribution >= 0.6 is 11.6 Å². The van der Waals surface area contributed by atoms with E-state index in [1.807, 2.05) is 0 Å². The van der Waals surface area contributed by atoms with Crippen molar-refractivity contribution in [1.29, 1.82) is 0 Å². The summed E-state index contributed by atoms with van der Waals surface area (Å²) in [6, 6.07) is 2.97. The van der Waals surface area contributed by atoms with Crippen LogP contribution in [0.3, 0.4) is 0 Å². The molecular formula is C14H14ClN5O5S. The molecule has 1 aromatic heterocycles. The summed E-state index contributed by atoms with van der Waals surface area (Å²) in [6.45, 7) is 2.71. The molecule has 1 aromatic carbocycles. The summed E-state index contributed by atoms with van der Waals surface area (Å²) in [5.74, 6) is -1.93. The van der Waals surface area contributed by atoms with Gasteiger partial charge in [-0.3, -0.25) is 9.59 Å². The van der Waals surface area contributed by atoms with Gasteiger partial charge < -0.3 is 4.42 Å². The molecule has 0 N–H and O–H groups in total. The van der Waals surface area contributed by atoms with Crippen LogP contribution in [0.25, 0.3) is 11.1 Å². The minimum absolute atomic E-state index is 0.127. The first-order valence-electron chi connectivity index (χ1n) is 7.64. The number of halogens is 1. The lowest BCUT2D eigenvalue weighted by molar-refractivity contribution is -0.140. The average molecular weight is 400 g/mol. The highest BCUT2D eigenvalue weighted by Gasteiger charge is 2.49. The Bertz CT molecular complexity index is 988. The van der Waals surface area contributed by atoms with Crippen molar-refractivity contribution in [3.8, 4) is 0 Å². The molecule has 1 aliphatic heterocycles. The number of likely N-dealkylation sites (N-methyl/N-ethyl adjacent to an activating group) is 2. The highest BCUT2D eigenvalue weighted by atomic mass is 35.5. The van der Waals surface area contributed by atoms with Crippen molar-refractivity contribution >= 4 is 50.7 Å². The molecule has 0 unspecified atom stereocenters. The van der Waals surface area contributed by atoms with E-state index in [1.54, 1.807) is 12.1 Å². The Kier molecular flexibility index (Phi) is 4.67. The molecule has 138 valence electrons. The molecule has 1 aliphatic rings. The van der Waals surface area contributed by atoms with E-state index in [4.69, 9.17) is 16.0 Å². The number of hydrogen-bond acceptors (Lipinski definition) is 8. The highest BCUT2D eigenvalue weighted by molar-refractivity contribution is 7.88. The third kappa shape index (κ3) is 2.92. The van der Waals surface area contributed by atoms with Gasteiger partial charge in [-0.15, -0.1) is 0 Å². The number of oxazole rings is 1. The van der Waals surface area contributed by atoms with E-state index in [2.05, 4.69) is 15.2 Å². The van der Waals surface area contributed by atoms with Gasteiger partial charge in [-0.05, 0) is 26.0 Å². The molecule has 2 heterocycles. The molecule has 2 amide bonds. The largest absolute Gasteiger partial charge is 0.421 e. The van der Waals surface area contributed by atoms with Gasteiger partial charge >= 0.3 is 16.2 Å². The van der Waals surface area contributed by atoms with Gasteiger partial charge in [0, 0.05) is 24.2 Å². The minimum atomic E-state index is -4.19. The topological polar surface area (TPSA) is 126 Å². The molecule has 1 fully saturated rings. The second-order valence-electron chi connectivity index (χ2n) is 5.24. The number of hydrogen-bond donors (Lipinski definition) is 0. The van der Waals surface area contributed by atoms with Crippen LogP contribution in [0.4, 0.5) is 6.01 Å². The fourth-order valence-electron chi connectivity index (χ4n) is 2.50. The van der Waals surface area contributed by atoms with E-state index in [0.29, 0.717) is 24.7 Å². The number of benzene rings is 1. The van der Waals surface area contributed by atoms with Crippen LogP contribution in [0.2, 0.25) is 5.02 Å². The maximum atomic E-state index is 12.4. The van der Waals surface area contributed by atoms with E-state index in [0.717, 1.165) is 0 Å². The molecule has 2 aromatic rings. The maximum Gasteiger partial charge on any atom is 0.341 e. The lowest BCUT2D eigenvalue weighted by atomic mass is 10.2. The van der Waals surface area contributed by atoms with Crippen molar-refractivity contribution in [1.82, 2.24) is 13.6 Å². The second-order valence-corrected chi connectivity index (χ2v) is 7.45. The van der Waals surface area contributed by atoms with E-state index in [-0.39, 0.29) is 19.1 Å². The Hall–Kier alpha value is -2.53. The minimum Gasteiger partial charge on any atom is -0.421 e. The van der Waals surface area contributed by atoms with Crippen molar-refractivity contribution in [2.24, 2.45) is 10.2 Å². The van der Waals surface area contributed by atoms with Crippen LogP contribution in [0.15, 0.2) is 32.8 Å². The SMILES string of the molecule is CCN1C(=O)C(N=Nc2nc3ccc(Cl)cc3o2)C(=O)N(CC)S1(=O)=O. The first-order chi connectivity index (χ1) is 12.3.